The van der Waals surface area contributed by atoms with E-state index in [0.29, 0.717) is 28.5 Å². The van der Waals surface area contributed by atoms with Gasteiger partial charge in [0.15, 0.2) is 6.61 Å². The zero-order valence-electron chi connectivity index (χ0n) is 19.7. The van der Waals surface area contributed by atoms with Gasteiger partial charge in [0.1, 0.15) is 22.3 Å². The van der Waals surface area contributed by atoms with Crippen LogP contribution in [-0.2, 0) is 4.79 Å². The number of carbonyl (C=O) groups excluding carboxylic acids is 2. The summed E-state index contributed by atoms with van der Waals surface area (Å²) >= 11 is 12.0. The maximum atomic E-state index is 12.8. The first-order valence-electron chi connectivity index (χ1n) is 11.3. The van der Waals surface area contributed by atoms with E-state index in [1.54, 1.807) is 48.5 Å². The van der Waals surface area contributed by atoms with Gasteiger partial charge in [-0.15, -0.1) is 0 Å². The van der Waals surface area contributed by atoms with E-state index < -0.39 is 11.9 Å². The highest BCUT2D eigenvalue weighted by Gasteiger charge is 2.14. The molecule has 1 amide bonds. The molecule has 0 heterocycles. The Balaban J connectivity index is 1.49. The molecule has 0 radical (unpaired) electrons. The number of rotatable bonds is 9. The second-order valence-electron chi connectivity index (χ2n) is 7.68. The molecule has 0 saturated carbocycles. The Hall–Kier alpha value is -4.07. The smallest absolute Gasteiger partial charge is 0.343 e. The number of hydrogen-bond donors (Lipinski definition) is 1. The molecule has 1 N–H and O–H groups in total. The molecule has 0 atom stereocenters. The van der Waals surface area contributed by atoms with Crippen molar-refractivity contribution >= 4 is 52.1 Å². The van der Waals surface area contributed by atoms with Gasteiger partial charge in [0.25, 0.3) is 5.91 Å². The van der Waals surface area contributed by atoms with Crippen LogP contribution < -0.4 is 19.6 Å². The number of hydrogen-bond acceptors (Lipinski definition) is 6. The van der Waals surface area contributed by atoms with Gasteiger partial charge in [-0.2, -0.15) is 5.10 Å². The summed E-state index contributed by atoms with van der Waals surface area (Å²) < 4.78 is 16.5. The van der Waals surface area contributed by atoms with Crippen molar-refractivity contribution < 1.29 is 23.8 Å². The third-order valence-electron chi connectivity index (χ3n) is 5.19. The summed E-state index contributed by atoms with van der Waals surface area (Å²) in [6, 6.07) is 22.6. The van der Waals surface area contributed by atoms with Crippen LogP contribution in [-0.4, -0.2) is 31.3 Å². The van der Waals surface area contributed by atoms with Gasteiger partial charge in [0, 0.05) is 5.56 Å². The first-order valence-corrected chi connectivity index (χ1v) is 12.1. The lowest BCUT2D eigenvalue weighted by Gasteiger charge is -2.11. The number of nitrogens with one attached hydrogen (secondary N) is 1. The van der Waals surface area contributed by atoms with Crippen molar-refractivity contribution in [3.8, 4) is 17.2 Å². The fourth-order valence-corrected chi connectivity index (χ4v) is 3.80. The molecule has 9 heteroatoms. The van der Waals surface area contributed by atoms with Crippen molar-refractivity contribution in [3.05, 3.63) is 100 Å². The zero-order chi connectivity index (χ0) is 26.2. The number of amides is 1. The predicted molar refractivity (Wildman–Crippen MR) is 144 cm³/mol. The van der Waals surface area contributed by atoms with Crippen molar-refractivity contribution in [2.75, 3.05) is 13.2 Å². The van der Waals surface area contributed by atoms with Gasteiger partial charge in [0.05, 0.1) is 23.4 Å². The standard InChI is InChI=1S/C28H22Cl2N2O5/c1-2-35-20-13-10-19(11-14-20)28(34)37-24-15-12-18-6-3-4-7-21(18)22(24)16-31-32-26(33)17-36-25-9-5-8-23(29)27(25)30/h3-16H,2,17H2,1H3,(H,32,33)/b31-16+. The average Bonchev–Trinajstić information content (AvgIpc) is 2.91. The van der Waals surface area contributed by atoms with E-state index in [2.05, 4.69) is 10.5 Å². The predicted octanol–water partition coefficient (Wildman–Crippen LogP) is 6.29. The van der Waals surface area contributed by atoms with Gasteiger partial charge >= 0.3 is 5.97 Å². The molecule has 0 unspecified atom stereocenters. The Morgan fingerprint density at radius 2 is 1.68 bits per heavy atom. The minimum atomic E-state index is -0.538. The Morgan fingerprint density at radius 3 is 2.46 bits per heavy atom. The maximum Gasteiger partial charge on any atom is 0.343 e. The van der Waals surface area contributed by atoms with Gasteiger partial charge in [-0.3, -0.25) is 4.79 Å². The number of hydrazone groups is 1. The van der Waals surface area contributed by atoms with E-state index in [4.69, 9.17) is 37.4 Å². The van der Waals surface area contributed by atoms with Crippen LogP contribution in [0.25, 0.3) is 10.8 Å². The van der Waals surface area contributed by atoms with Crippen LogP contribution in [0.1, 0.15) is 22.8 Å². The van der Waals surface area contributed by atoms with E-state index in [1.807, 2.05) is 37.3 Å². The third kappa shape index (κ3) is 6.58. The monoisotopic (exact) mass is 536 g/mol. The number of fused-ring (bicyclic) bond motifs is 1. The highest BCUT2D eigenvalue weighted by molar-refractivity contribution is 6.42. The van der Waals surface area contributed by atoms with Gasteiger partial charge in [-0.1, -0.05) is 59.6 Å². The lowest BCUT2D eigenvalue weighted by molar-refractivity contribution is -0.123. The summed E-state index contributed by atoms with van der Waals surface area (Å²) in [5, 5.41) is 6.29. The lowest BCUT2D eigenvalue weighted by Crippen LogP contribution is -2.24. The van der Waals surface area contributed by atoms with Gasteiger partial charge in [-0.25, -0.2) is 10.2 Å². The molecular weight excluding hydrogens is 515 g/mol. The van der Waals surface area contributed by atoms with Crippen LogP contribution in [0.4, 0.5) is 0 Å². The van der Waals surface area contributed by atoms with Crippen LogP contribution in [0.5, 0.6) is 17.2 Å². The first-order chi connectivity index (χ1) is 18.0. The van der Waals surface area contributed by atoms with Crippen molar-refractivity contribution in [1.82, 2.24) is 5.43 Å². The number of esters is 1. The number of halogens is 2. The number of ether oxygens (including phenoxy) is 3. The normalized spacial score (nSPS) is 10.9. The summed E-state index contributed by atoms with van der Waals surface area (Å²) in [5.41, 5.74) is 3.30. The van der Waals surface area contributed by atoms with Crippen LogP contribution >= 0.6 is 23.2 Å². The topological polar surface area (TPSA) is 86.2 Å². The fourth-order valence-electron chi connectivity index (χ4n) is 3.45. The molecule has 37 heavy (non-hydrogen) atoms. The minimum Gasteiger partial charge on any atom is -0.494 e. The molecule has 4 aromatic carbocycles. The van der Waals surface area contributed by atoms with Crippen LogP contribution in [0.3, 0.4) is 0 Å². The summed E-state index contributed by atoms with van der Waals surface area (Å²) in [4.78, 5) is 25.1. The van der Waals surface area contributed by atoms with Crippen molar-refractivity contribution in [2.45, 2.75) is 6.92 Å². The van der Waals surface area contributed by atoms with E-state index in [9.17, 15) is 9.59 Å². The average molecular weight is 537 g/mol. The van der Waals surface area contributed by atoms with Crippen molar-refractivity contribution in [2.24, 2.45) is 5.10 Å². The number of carbonyl (C=O) groups is 2. The second-order valence-corrected chi connectivity index (χ2v) is 8.46. The summed E-state index contributed by atoms with van der Waals surface area (Å²) in [6.07, 6.45) is 1.42. The van der Waals surface area contributed by atoms with Crippen LogP contribution in [0.15, 0.2) is 84.0 Å². The van der Waals surface area contributed by atoms with Crippen molar-refractivity contribution in [1.29, 1.82) is 0 Å². The molecule has 0 aliphatic heterocycles. The quantitative estimate of drug-likeness (QED) is 0.117. The number of nitrogens with zero attached hydrogens (tertiary/aromatic N) is 1. The molecule has 188 valence electrons. The van der Waals surface area contributed by atoms with Gasteiger partial charge in [-0.05, 0) is 60.2 Å². The molecule has 0 fully saturated rings. The molecule has 0 aliphatic carbocycles. The van der Waals surface area contributed by atoms with E-state index >= 15 is 0 Å². The summed E-state index contributed by atoms with van der Waals surface area (Å²) in [5.74, 6) is 0.183. The fraction of sp³-hybridized carbons (Fsp3) is 0.107. The first kappa shape index (κ1) is 26.0. The Morgan fingerprint density at radius 1 is 0.892 bits per heavy atom. The molecule has 7 nitrogen and oxygen atoms in total. The van der Waals surface area contributed by atoms with Crippen LogP contribution in [0, 0.1) is 0 Å². The number of benzene rings is 4. The third-order valence-corrected chi connectivity index (χ3v) is 5.99. The van der Waals surface area contributed by atoms with E-state index in [1.165, 1.54) is 6.21 Å². The maximum absolute atomic E-state index is 12.8. The summed E-state index contributed by atoms with van der Waals surface area (Å²) in [6.45, 7) is 2.09. The molecule has 0 saturated heterocycles. The highest BCUT2D eigenvalue weighted by atomic mass is 35.5. The highest BCUT2D eigenvalue weighted by Crippen LogP contribution is 2.31. The molecular formula is C28H22Cl2N2O5. The Labute approximate surface area is 223 Å². The zero-order valence-corrected chi connectivity index (χ0v) is 21.3. The van der Waals surface area contributed by atoms with Crippen LogP contribution in [0.2, 0.25) is 10.0 Å². The van der Waals surface area contributed by atoms with E-state index in [0.717, 1.165) is 10.8 Å². The Bertz CT molecular complexity index is 1460. The van der Waals surface area contributed by atoms with Gasteiger partial charge < -0.3 is 14.2 Å². The second kappa shape index (κ2) is 12.3. The minimum absolute atomic E-state index is 0.218. The molecule has 0 aliphatic rings. The van der Waals surface area contributed by atoms with Crippen molar-refractivity contribution in [3.63, 3.8) is 0 Å². The molecule has 0 bridgehead atoms. The Kier molecular flexibility index (Phi) is 8.61. The summed E-state index contributed by atoms with van der Waals surface area (Å²) in [7, 11) is 0. The SMILES string of the molecule is CCOc1ccc(C(=O)Oc2ccc3ccccc3c2/C=N/NC(=O)COc2cccc(Cl)c2Cl)cc1. The largest absolute Gasteiger partial charge is 0.494 e. The molecule has 4 rings (SSSR count). The van der Waals surface area contributed by atoms with E-state index in [-0.39, 0.29) is 23.1 Å². The molecule has 4 aromatic rings. The van der Waals surface area contributed by atoms with Gasteiger partial charge in [0.2, 0.25) is 0 Å². The molecule has 0 aromatic heterocycles. The lowest BCUT2D eigenvalue weighted by atomic mass is 10.0. The molecule has 0 spiro atoms.